The van der Waals surface area contributed by atoms with Crippen LogP contribution in [0.2, 0.25) is 0 Å². The summed E-state index contributed by atoms with van der Waals surface area (Å²) in [4.78, 5) is 21.8. The number of anilines is 1. The molecule has 3 rings (SSSR count). The Morgan fingerprint density at radius 1 is 1.09 bits per heavy atom. The highest BCUT2D eigenvalue weighted by Gasteiger charge is 2.22. The maximum atomic E-state index is 13.2. The largest absolute Gasteiger partial charge is 0.497 e. The molecule has 0 fully saturated rings. The highest BCUT2D eigenvalue weighted by molar-refractivity contribution is 7.91. The van der Waals surface area contributed by atoms with Crippen LogP contribution in [0.15, 0.2) is 47.4 Å². The second-order valence-electron chi connectivity index (χ2n) is 7.98. The summed E-state index contributed by atoms with van der Waals surface area (Å²) in [6.07, 6.45) is 0.331. The van der Waals surface area contributed by atoms with Gasteiger partial charge in [0.1, 0.15) is 17.0 Å². The molecule has 1 heterocycles. The van der Waals surface area contributed by atoms with E-state index in [-0.39, 0.29) is 29.4 Å². The molecule has 34 heavy (non-hydrogen) atoms. The zero-order valence-corrected chi connectivity index (χ0v) is 21.6. The summed E-state index contributed by atoms with van der Waals surface area (Å²) in [6.45, 7) is 3.56. The van der Waals surface area contributed by atoms with E-state index >= 15 is 0 Å². The predicted octanol–water partition coefficient (Wildman–Crippen LogP) is 3.85. The molecule has 0 radical (unpaired) electrons. The van der Waals surface area contributed by atoms with Gasteiger partial charge in [-0.2, -0.15) is 0 Å². The highest BCUT2D eigenvalue weighted by Crippen LogP contribution is 2.34. The van der Waals surface area contributed by atoms with Crippen molar-refractivity contribution in [2.75, 3.05) is 51.6 Å². The zero-order chi connectivity index (χ0) is 24.7. The van der Waals surface area contributed by atoms with Gasteiger partial charge >= 0.3 is 0 Å². The fourth-order valence-electron chi connectivity index (χ4n) is 3.38. The van der Waals surface area contributed by atoms with Crippen LogP contribution in [0.25, 0.3) is 10.2 Å². The van der Waals surface area contributed by atoms with Crippen molar-refractivity contribution < 1.29 is 22.7 Å². The molecule has 0 aliphatic rings. The quantitative estimate of drug-likeness (QED) is 0.369. The van der Waals surface area contributed by atoms with Gasteiger partial charge in [0, 0.05) is 19.5 Å². The van der Waals surface area contributed by atoms with Crippen LogP contribution in [-0.4, -0.2) is 70.9 Å². The van der Waals surface area contributed by atoms with Crippen molar-refractivity contribution in [1.29, 1.82) is 0 Å². The van der Waals surface area contributed by atoms with Crippen LogP contribution in [0.1, 0.15) is 19.8 Å². The first-order valence-electron chi connectivity index (χ1n) is 11.1. The molecular formula is C24H31N3O5S2. The van der Waals surface area contributed by atoms with Crippen LogP contribution in [0.5, 0.6) is 11.5 Å². The Morgan fingerprint density at radius 2 is 1.82 bits per heavy atom. The number of carbonyl (C=O) groups is 1. The van der Waals surface area contributed by atoms with E-state index in [0.717, 1.165) is 10.2 Å². The fourth-order valence-corrected chi connectivity index (χ4v) is 5.71. The summed E-state index contributed by atoms with van der Waals surface area (Å²) in [5, 5.41) is 0.590. The van der Waals surface area contributed by atoms with E-state index in [2.05, 4.69) is 0 Å². The number of nitrogens with zero attached hydrogens (tertiary/aromatic N) is 3. The normalized spacial score (nSPS) is 11.7. The number of aromatic nitrogens is 1. The molecule has 0 saturated heterocycles. The third-order valence-electron chi connectivity index (χ3n) is 5.20. The van der Waals surface area contributed by atoms with Gasteiger partial charge in [0.2, 0.25) is 5.91 Å². The number of sulfone groups is 1. The Morgan fingerprint density at radius 3 is 2.47 bits per heavy atom. The maximum Gasteiger partial charge on any atom is 0.228 e. The molecule has 0 atom stereocenters. The molecule has 0 bridgehead atoms. The fraction of sp³-hybridized carbons (Fsp3) is 0.417. The van der Waals surface area contributed by atoms with Gasteiger partial charge in [-0.05, 0) is 63.8 Å². The van der Waals surface area contributed by atoms with Crippen LogP contribution >= 0.6 is 11.3 Å². The number of hydrogen-bond acceptors (Lipinski definition) is 8. The number of thiazole rings is 1. The molecular weight excluding hydrogens is 474 g/mol. The average molecular weight is 506 g/mol. The zero-order valence-electron chi connectivity index (χ0n) is 20.0. The van der Waals surface area contributed by atoms with Crippen LogP contribution < -0.4 is 14.4 Å². The molecule has 8 nitrogen and oxygen atoms in total. The predicted molar refractivity (Wildman–Crippen MR) is 136 cm³/mol. The van der Waals surface area contributed by atoms with Crippen LogP contribution in [-0.2, 0) is 14.6 Å². The summed E-state index contributed by atoms with van der Waals surface area (Å²) in [6, 6.07) is 12.0. The number of hydrogen-bond donors (Lipinski definition) is 0. The van der Waals surface area contributed by atoms with Crippen molar-refractivity contribution in [3.8, 4) is 11.5 Å². The van der Waals surface area contributed by atoms with E-state index in [4.69, 9.17) is 14.5 Å². The Balaban J connectivity index is 1.74. The summed E-state index contributed by atoms with van der Waals surface area (Å²) < 4.78 is 37.1. The molecule has 0 unspecified atom stereocenters. The Labute approximate surface area is 205 Å². The van der Waals surface area contributed by atoms with Crippen LogP contribution in [0.4, 0.5) is 5.13 Å². The number of carbonyl (C=O) groups excluding carboxylic acids is 1. The molecule has 0 aliphatic heterocycles. The number of methoxy groups -OCH3 is 1. The third kappa shape index (κ3) is 6.46. The third-order valence-corrected chi connectivity index (χ3v) is 8.06. The first kappa shape index (κ1) is 25.9. The number of fused-ring (bicyclic) bond motifs is 1. The van der Waals surface area contributed by atoms with Gasteiger partial charge in [0.15, 0.2) is 15.0 Å². The average Bonchev–Trinajstić information content (AvgIpc) is 3.24. The molecule has 1 aromatic heterocycles. The Bertz CT molecular complexity index is 1210. The van der Waals surface area contributed by atoms with Crippen molar-refractivity contribution in [2.24, 2.45) is 0 Å². The topological polar surface area (TPSA) is 89.0 Å². The highest BCUT2D eigenvalue weighted by atomic mass is 32.2. The minimum atomic E-state index is -3.49. The smallest absolute Gasteiger partial charge is 0.228 e. The molecule has 2 aromatic carbocycles. The molecule has 10 heteroatoms. The van der Waals surface area contributed by atoms with Crippen molar-refractivity contribution in [2.45, 2.75) is 24.7 Å². The lowest BCUT2D eigenvalue weighted by atomic mass is 10.3. The molecule has 0 N–H and O–H groups in total. The second-order valence-corrected chi connectivity index (χ2v) is 11.1. The maximum absolute atomic E-state index is 13.2. The SMILES string of the molecule is CCOc1cccc2sc(N(CCN(C)C)C(=O)CCCS(=O)(=O)c3ccc(OC)cc3)nc12. The van der Waals surface area contributed by atoms with Gasteiger partial charge in [0.05, 0.1) is 29.1 Å². The first-order valence-corrected chi connectivity index (χ1v) is 13.6. The summed E-state index contributed by atoms with van der Waals surface area (Å²) in [5.41, 5.74) is 0.731. The number of amides is 1. The van der Waals surface area contributed by atoms with Crippen LogP contribution in [0.3, 0.4) is 0 Å². The minimum Gasteiger partial charge on any atom is -0.497 e. The summed E-state index contributed by atoms with van der Waals surface area (Å²) >= 11 is 1.43. The van der Waals surface area contributed by atoms with Gasteiger partial charge in [-0.15, -0.1) is 0 Å². The molecule has 0 spiro atoms. The van der Waals surface area contributed by atoms with Crippen molar-refractivity contribution >= 4 is 42.4 Å². The van der Waals surface area contributed by atoms with E-state index in [1.807, 2.05) is 44.1 Å². The van der Waals surface area contributed by atoms with Gasteiger partial charge in [0.25, 0.3) is 0 Å². The second kappa shape index (κ2) is 11.6. The van der Waals surface area contributed by atoms with E-state index < -0.39 is 9.84 Å². The number of para-hydroxylation sites is 1. The summed E-state index contributed by atoms with van der Waals surface area (Å²) in [5.74, 6) is 1.02. The van der Waals surface area contributed by atoms with Crippen molar-refractivity contribution in [3.63, 3.8) is 0 Å². The number of rotatable bonds is 12. The first-order chi connectivity index (χ1) is 16.2. The molecule has 3 aromatic rings. The number of likely N-dealkylation sites (N-methyl/N-ethyl adjacent to an activating group) is 1. The lowest BCUT2D eigenvalue weighted by molar-refractivity contribution is -0.118. The van der Waals surface area contributed by atoms with E-state index in [9.17, 15) is 13.2 Å². The number of ether oxygens (including phenoxy) is 2. The van der Waals surface area contributed by atoms with Gasteiger partial charge in [-0.3, -0.25) is 9.69 Å². The monoisotopic (exact) mass is 505 g/mol. The van der Waals surface area contributed by atoms with Gasteiger partial charge in [-0.1, -0.05) is 17.4 Å². The molecule has 0 saturated carbocycles. The minimum absolute atomic E-state index is 0.108. The van der Waals surface area contributed by atoms with Crippen molar-refractivity contribution in [1.82, 2.24) is 9.88 Å². The standard InChI is InChI=1S/C24H31N3O5S2/c1-5-32-20-8-6-9-21-23(20)25-24(33-21)27(16-15-26(2)3)22(28)10-7-17-34(29,30)19-13-11-18(31-4)12-14-19/h6,8-9,11-14H,5,7,10,15-17H2,1-4H3. The van der Waals surface area contributed by atoms with Gasteiger partial charge in [-0.25, -0.2) is 13.4 Å². The number of benzene rings is 2. The molecule has 184 valence electrons. The van der Waals surface area contributed by atoms with Crippen molar-refractivity contribution in [3.05, 3.63) is 42.5 Å². The van der Waals surface area contributed by atoms with E-state index in [1.165, 1.54) is 30.6 Å². The molecule has 0 aliphatic carbocycles. The Kier molecular flexibility index (Phi) is 8.87. The summed E-state index contributed by atoms with van der Waals surface area (Å²) in [7, 11) is 1.91. The van der Waals surface area contributed by atoms with E-state index in [0.29, 0.717) is 36.3 Å². The van der Waals surface area contributed by atoms with Gasteiger partial charge < -0.3 is 14.4 Å². The van der Waals surface area contributed by atoms with Crippen LogP contribution in [0, 0.1) is 0 Å². The lowest BCUT2D eigenvalue weighted by Crippen LogP contribution is -2.36. The lowest BCUT2D eigenvalue weighted by Gasteiger charge is -2.22. The van der Waals surface area contributed by atoms with E-state index in [1.54, 1.807) is 17.0 Å². The molecule has 1 amide bonds. The Hall–Kier alpha value is -2.69.